The van der Waals surface area contributed by atoms with Crippen molar-refractivity contribution in [2.24, 2.45) is 0 Å². The molecule has 0 bridgehead atoms. The lowest BCUT2D eigenvalue weighted by atomic mass is 9.97. The fourth-order valence-corrected chi connectivity index (χ4v) is 3.07. The van der Waals surface area contributed by atoms with Crippen molar-refractivity contribution in [3.63, 3.8) is 0 Å². The number of fused-ring (bicyclic) bond motifs is 1. The van der Waals surface area contributed by atoms with Crippen molar-refractivity contribution in [1.82, 2.24) is 5.32 Å². The van der Waals surface area contributed by atoms with Crippen LogP contribution in [0.5, 0.6) is 11.5 Å². The predicted octanol–water partition coefficient (Wildman–Crippen LogP) is 2.70. The van der Waals surface area contributed by atoms with E-state index < -0.39 is 0 Å². The Morgan fingerprint density at radius 2 is 2.00 bits per heavy atom. The molecule has 0 spiro atoms. The second kappa shape index (κ2) is 5.19. The zero-order valence-electron chi connectivity index (χ0n) is 10.9. The van der Waals surface area contributed by atoms with Crippen molar-refractivity contribution in [3.05, 3.63) is 23.8 Å². The SMILES string of the molecule is CCNC1CCC(c2ccc3c(c2)OCCO3)C1. The highest BCUT2D eigenvalue weighted by Gasteiger charge is 2.26. The van der Waals surface area contributed by atoms with Crippen LogP contribution in [0.3, 0.4) is 0 Å². The van der Waals surface area contributed by atoms with Gasteiger partial charge in [0.05, 0.1) is 0 Å². The summed E-state index contributed by atoms with van der Waals surface area (Å²) in [5, 5.41) is 3.55. The van der Waals surface area contributed by atoms with Crippen molar-refractivity contribution in [1.29, 1.82) is 0 Å². The first kappa shape index (κ1) is 11.8. The summed E-state index contributed by atoms with van der Waals surface area (Å²) in [6.07, 6.45) is 3.80. The van der Waals surface area contributed by atoms with Crippen molar-refractivity contribution in [2.75, 3.05) is 19.8 Å². The largest absolute Gasteiger partial charge is 0.486 e. The van der Waals surface area contributed by atoms with Crippen LogP contribution in [-0.2, 0) is 0 Å². The van der Waals surface area contributed by atoms with E-state index in [0.717, 1.165) is 18.0 Å². The summed E-state index contributed by atoms with van der Waals surface area (Å²) in [6.45, 7) is 4.58. The first-order chi connectivity index (χ1) is 8.86. The average molecular weight is 247 g/mol. The van der Waals surface area contributed by atoms with E-state index in [0.29, 0.717) is 25.2 Å². The van der Waals surface area contributed by atoms with Gasteiger partial charge in [-0.05, 0) is 49.4 Å². The number of rotatable bonds is 3. The van der Waals surface area contributed by atoms with Gasteiger partial charge in [0.1, 0.15) is 13.2 Å². The van der Waals surface area contributed by atoms with E-state index >= 15 is 0 Å². The van der Waals surface area contributed by atoms with Gasteiger partial charge in [-0.1, -0.05) is 13.0 Å². The molecular formula is C15H21NO2. The Hall–Kier alpha value is -1.22. The first-order valence-corrected chi connectivity index (χ1v) is 6.99. The molecule has 1 fully saturated rings. The molecule has 0 saturated heterocycles. The van der Waals surface area contributed by atoms with Crippen LogP contribution < -0.4 is 14.8 Å². The smallest absolute Gasteiger partial charge is 0.161 e. The fourth-order valence-electron chi connectivity index (χ4n) is 3.07. The van der Waals surface area contributed by atoms with Gasteiger partial charge in [0.15, 0.2) is 11.5 Å². The number of nitrogens with one attached hydrogen (secondary N) is 1. The highest BCUT2D eigenvalue weighted by Crippen LogP contribution is 2.39. The Bertz CT molecular complexity index is 419. The van der Waals surface area contributed by atoms with Gasteiger partial charge in [0.2, 0.25) is 0 Å². The maximum Gasteiger partial charge on any atom is 0.161 e. The second-order valence-corrected chi connectivity index (χ2v) is 5.17. The molecule has 3 rings (SSSR count). The minimum absolute atomic E-state index is 0.665. The zero-order valence-corrected chi connectivity index (χ0v) is 10.9. The molecule has 1 aromatic carbocycles. The van der Waals surface area contributed by atoms with Crippen LogP contribution in [0.15, 0.2) is 18.2 Å². The molecule has 18 heavy (non-hydrogen) atoms. The summed E-state index contributed by atoms with van der Waals surface area (Å²) < 4.78 is 11.2. The zero-order chi connectivity index (χ0) is 12.4. The van der Waals surface area contributed by atoms with Gasteiger partial charge in [-0.15, -0.1) is 0 Å². The van der Waals surface area contributed by atoms with E-state index in [1.807, 2.05) is 0 Å². The third-order valence-electron chi connectivity index (χ3n) is 3.96. The van der Waals surface area contributed by atoms with Gasteiger partial charge in [0.25, 0.3) is 0 Å². The summed E-state index contributed by atoms with van der Waals surface area (Å²) in [5.41, 5.74) is 1.40. The van der Waals surface area contributed by atoms with E-state index in [-0.39, 0.29) is 0 Å². The molecule has 0 amide bonds. The Balaban J connectivity index is 1.73. The summed E-state index contributed by atoms with van der Waals surface area (Å²) in [6, 6.07) is 7.12. The number of hydrogen-bond donors (Lipinski definition) is 1. The minimum atomic E-state index is 0.665. The van der Waals surface area contributed by atoms with Crippen molar-refractivity contribution < 1.29 is 9.47 Å². The Morgan fingerprint density at radius 1 is 1.17 bits per heavy atom. The summed E-state index contributed by atoms with van der Waals surface area (Å²) in [5.74, 6) is 2.49. The molecule has 2 aliphatic rings. The normalized spacial score (nSPS) is 26.3. The predicted molar refractivity (Wildman–Crippen MR) is 71.5 cm³/mol. The quantitative estimate of drug-likeness (QED) is 0.891. The molecule has 1 saturated carbocycles. The maximum absolute atomic E-state index is 5.66. The average Bonchev–Trinajstić information content (AvgIpc) is 2.87. The van der Waals surface area contributed by atoms with Crippen molar-refractivity contribution in [3.8, 4) is 11.5 Å². The van der Waals surface area contributed by atoms with E-state index in [2.05, 4.69) is 30.4 Å². The van der Waals surface area contributed by atoms with E-state index in [1.165, 1.54) is 24.8 Å². The first-order valence-electron chi connectivity index (χ1n) is 6.99. The van der Waals surface area contributed by atoms with Gasteiger partial charge >= 0.3 is 0 Å². The van der Waals surface area contributed by atoms with Gasteiger partial charge < -0.3 is 14.8 Å². The molecule has 1 heterocycles. The van der Waals surface area contributed by atoms with Crippen LogP contribution in [0.2, 0.25) is 0 Å². The molecule has 0 radical (unpaired) electrons. The molecule has 1 aliphatic carbocycles. The molecule has 0 aromatic heterocycles. The van der Waals surface area contributed by atoms with E-state index in [9.17, 15) is 0 Å². The number of hydrogen-bond acceptors (Lipinski definition) is 3. The van der Waals surface area contributed by atoms with E-state index in [1.54, 1.807) is 0 Å². The molecule has 1 aliphatic heterocycles. The van der Waals surface area contributed by atoms with Crippen LogP contribution in [0, 0.1) is 0 Å². The number of ether oxygens (including phenoxy) is 2. The lowest BCUT2D eigenvalue weighted by molar-refractivity contribution is 0.171. The minimum Gasteiger partial charge on any atom is -0.486 e. The third-order valence-corrected chi connectivity index (χ3v) is 3.96. The van der Waals surface area contributed by atoms with Crippen LogP contribution in [0.4, 0.5) is 0 Å². The third kappa shape index (κ3) is 2.32. The standard InChI is InChI=1S/C15H21NO2/c1-2-16-13-5-3-11(9-13)12-4-6-14-15(10-12)18-8-7-17-14/h4,6,10-11,13,16H,2-3,5,7-9H2,1H3. The van der Waals surface area contributed by atoms with Gasteiger partial charge in [-0.3, -0.25) is 0 Å². The molecule has 3 nitrogen and oxygen atoms in total. The Morgan fingerprint density at radius 3 is 2.83 bits per heavy atom. The monoisotopic (exact) mass is 247 g/mol. The van der Waals surface area contributed by atoms with Crippen LogP contribution in [-0.4, -0.2) is 25.8 Å². The van der Waals surface area contributed by atoms with Gasteiger partial charge in [-0.2, -0.15) is 0 Å². The molecule has 1 N–H and O–H groups in total. The van der Waals surface area contributed by atoms with E-state index in [4.69, 9.17) is 9.47 Å². The lowest BCUT2D eigenvalue weighted by Gasteiger charge is -2.20. The highest BCUT2D eigenvalue weighted by molar-refractivity contribution is 5.45. The van der Waals surface area contributed by atoms with Crippen molar-refractivity contribution in [2.45, 2.75) is 38.1 Å². The highest BCUT2D eigenvalue weighted by atomic mass is 16.6. The molecular weight excluding hydrogens is 226 g/mol. The summed E-state index contributed by atoms with van der Waals surface area (Å²) >= 11 is 0. The Kier molecular flexibility index (Phi) is 3.41. The fraction of sp³-hybridized carbons (Fsp3) is 0.600. The van der Waals surface area contributed by atoms with Gasteiger partial charge in [-0.25, -0.2) is 0 Å². The van der Waals surface area contributed by atoms with Crippen molar-refractivity contribution >= 4 is 0 Å². The second-order valence-electron chi connectivity index (χ2n) is 5.17. The lowest BCUT2D eigenvalue weighted by Crippen LogP contribution is -2.25. The molecule has 2 unspecified atom stereocenters. The van der Waals surface area contributed by atoms with Crippen LogP contribution in [0.1, 0.15) is 37.7 Å². The van der Waals surface area contributed by atoms with Crippen LogP contribution >= 0.6 is 0 Å². The molecule has 2 atom stereocenters. The Labute approximate surface area is 108 Å². The van der Waals surface area contributed by atoms with Gasteiger partial charge in [0, 0.05) is 6.04 Å². The molecule has 98 valence electrons. The molecule has 3 heteroatoms. The summed E-state index contributed by atoms with van der Waals surface area (Å²) in [7, 11) is 0. The topological polar surface area (TPSA) is 30.5 Å². The van der Waals surface area contributed by atoms with Crippen LogP contribution in [0.25, 0.3) is 0 Å². The number of benzene rings is 1. The summed E-state index contributed by atoms with van der Waals surface area (Å²) in [4.78, 5) is 0. The molecule has 1 aromatic rings. The maximum atomic E-state index is 5.66.